The number of anilines is 2. The van der Waals surface area contributed by atoms with Gasteiger partial charge in [-0.25, -0.2) is 0 Å². The van der Waals surface area contributed by atoms with E-state index in [4.69, 9.17) is 5.73 Å². The smallest absolute Gasteiger partial charge is 0.255 e. The Morgan fingerprint density at radius 3 is 2.06 bits per heavy atom. The standard InChI is InChI=1S/C13H11FN2O2.C8H17NO.2C2H6/c14-18-10-7-5-9(6-8-10)13(17)16-12-4-2-1-3-11(12)15;1-8(2,10)7-9-5-3-4-6-9;2*1-2/h1-8H,15H2,(H,16,17);10H,3-7H2,1-2H3;2*1-2H3. The Balaban J connectivity index is 0.000000582. The number of likely N-dealkylation sites (tertiary alicyclic amines) is 1. The fraction of sp³-hybridized carbons (Fsp3) is 0.480. The third-order valence-electron chi connectivity index (χ3n) is 4.22. The third-order valence-corrected chi connectivity index (χ3v) is 4.22. The van der Waals surface area contributed by atoms with Crippen LogP contribution in [0.5, 0.6) is 5.75 Å². The largest absolute Gasteiger partial charge is 0.397 e. The van der Waals surface area contributed by atoms with Crippen molar-refractivity contribution in [3.8, 4) is 5.75 Å². The normalized spacial score (nSPS) is 12.8. The Hall–Kier alpha value is -2.64. The van der Waals surface area contributed by atoms with Crippen LogP contribution in [-0.4, -0.2) is 41.1 Å². The summed E-state index contributed by atoms with van der Waals surface area (Å²) in [6, 6.07) is 12.6. The molecule has 7 heteroatoms. The van der Waals surface area contributed by atoms with E-state index in [2.05, 4.69) is 15.2 Å². The summed E-state index contributed by atoms with van der Waals surface area (Å²) in [5.74, 6) is -0.274. The molecule has 2 aromatic rings. The molecule has 180 valence electrons. The molecule has 3 rings (SSSR count). The maximum absolute atomic E-state index is 11.9. The molecule has 0 spiro atoms. The van der Waals surface area contributed by atoms with Gasteiger partial charge in [-0.3, -0.25) is 9.74 Å². The van der Waals surface area contributed by atoms with E-state index in [9.17, 15) is 14.4 Å². The van der Waals surface area contributed by atoms with Gasteiger partial charge in [-0.05, 0) is 76.2 Å². The van der Waals surface area contributed by atoms with Gasteiger partial charge in [0, 0.05) is 16.6 Å². The zero-order valence-corrected chi connectivity index (χ0v) is 20.3. The summed E-state index contributed by atoms with van der Waals surface area (Å²) in [4.78, 5) is 17.7. The number of carbonyl (C=O) groups is 1. The Morgan fingerprint density at radius 1 is 1.06 bits per heavy atom. The zero-order chi connectivity index (χ0) is 24.6. The summed E-state index contributed by atoms with van der Waals surface area (Å²) in [6.45, 7) is 14.9. The second kappa shape index (κ2) is 16.1. The van der Waals surface area contributed by atoms with Crippen LogP contribution in [0.1, 0.15) is 64.7 Å². The molecule has 0 unspecified atom stereocenters. The SMILES string of the molecule is CC.CC.CC(C)(O)CN1CCCC1.Nc1ccccc1NC(=O)c1ccc(OF)cc1. The summed E-state index contributed by atoms with van der Waals surface area (Å²) in [5, 5.41) is 12.1. The number of rotatable bonds is 5. The van der Waals surface area contributed by atoms with Gasteiger partial charge in [-0.2, -0.15) is 0 Å². The minimum Gasteiger partial charge on any atom is -0.397 e. The van der Waals surface area contributed by atoms with Crippen LogP contribution in [-0.2, 0) is 0 Å². The fourth-order valence-corrected chi connectivity index (χ4v) is 2.95. The highest BCUT2D eigenvalue weighted by atomic mass is 19.3. The summed E-state index contributed by atoms with van der Waals surface area (Å²) in [6.07, 6.45) is 2.60. The van der Waals surface area contributed by atoms with Crippen LogP contribution in [0.4, 0.5) is 15.9 Å². The van der Waals surface area contributed by atoms with Gasteiger partial charge in [0.1, 0.15) is 0 Å². The first-order chi connectivity index (χ1) is 15.3. The number of nitrogen functional groups attached to an aromatic ring is 1. The molecule has 2 aromatic carbocycles. The molecule has 1 aliphatic heterocycles. The minimum absolute atomic E-state index is 0.0470. The molecule has 4 N–H and O–H groups in total. The Morgan fingerprint density at radius 2 is 1.59 bits per heavy atom. The van der Waals surface area contributed by atoms with Crippen molar-refractivity contribution in [1.29, 1.82) is 0 Å². The van der Waals surface area contributed by atoms with E-state index >= 15 is 0 Å². The average Bonchev–Trinajstić information content (AvgIpc) is 3.30. The number of benzene rings is 2. The first-order valence-corrected chi connectivity index (χ1v) is 11.3. The monoisotopic (exact) mass is 449 g/mol. The van der Waals surface area contributed by atoms with E-state index in [0.29, 0.717) is 16.9 Å². The topological polar surface area (TPSA) is 87.8 Å². The number of aliphatic hydroxyl groups is 1. The van der Waals surface area contributed by atoms with Crippen molar-refractivity contribution in [3.05, 3.63) is 54.1 Å². The lowest BCUT2D eigenvalue weighted by Gasteiger charge is -2.24. The van der Waals surface area contributed by atoms with Gasteiger partial charge >= 0.3 is 0 Å². The number of halogens is 1. The highest BCUT2D eigenvalue weighted by Gasteiger charge is 2.20. The first kappa shape index (κ1) is 29.4. The second-order valence-electron chi connectivity index (χ2n) is 7.44. The van der Waals surface area contributed by atoms with Crippen molar-refractivity contribution in [3.63, 3.8) is 0 Å². The van der Waals surface area contributed by atoms with Gasteiger partial charge in [0.05, 0.1) is 17.0 Å². The van der Waals surface area contributed by atoms with E-state index in [0.717, 1.165) is 6.54 Å². The Kier molecular flexibility index (Phi) is 14.7. The van der Waals surface area contributed by atoms with Gasteiger partial charge in [0.25, 0.3) is 5.91 Å². The number of hydrogen-bond donors (Lipinski definition) is 3. The average molecular weight is 450 g/mol. The lowest BCUT2D eigenvalue weighted by atomic mass is 10.1. The molecule has 1 aliphatic rings. The molecule has 1 fully saturated rings. The molecule has 0 aromatic heterocycles. The van der Waals surface area contributed by atoms with E-state index in [1.54, 1.807) is 24.3 Å². The van der Waals surface area contributed by atoms with Gasteiger partial charge in [0.2, 0.25) is 0 Å². The lowest BCUT2D eigenvalue weighted by Crippen LogP contribution is -2.36. The number of nitrogens with two attached hydrogens (primary N) is 1. The highest BCUT2D eigenvalue weighted by Crippen LogP contribution is 2.19. The first-order valence-electron chi connectivity index (χ1n) is 11.3. The maximum atomic E-state index is 11.9. The van der Waals surface area contributed by atoms with Gasteiger partial charge < -0.3 is 21.1 Å². The number of hydrogen-bond acceptors (Lipinski definition) is 5. The Bertz CT molecular complexity index is 756. The van der Waals surface area contributed by atoms with Crippen LogP contribution in [0.2, 0.25) is 0 Å². The predicted octanol–water partition coefficient (Wildman–Crippen LogP) is 5.69. The maximum Gasteiger partial charge on any atom is 0.255 e. The van der Waals surface area contributed by atoms with Crippen LogP contribution in [0.3, 0.4) is 0 Å². The summed E-state index contributed by atoms with van der Waals surface area (Å²) < 4.78 is 11.8. The molecular formula is C25H40FN3O3. The van der Waals surface area contributed by atoms with Crippen LogP contribution < -0.4 is 16.0 Å². The van der Waals surface area contributed by atoms with Crippen molar-refractivity contribution >= 4 is 17.3 Å². The number of nitrogens with one attached hydrogen (secondary N) is 1. The number of β-amino-alcohol motifs (C(OH)–C–C–N with tert-alkyl or cyclic N) is 1. The number of nitrogens with zero attached hydrogens (tertiary/aromatic N) is 1. The lowest BCUT2D eigenvalue weighted by molar-refractivity contribution is -0.00621. The molecule has 1 saturated heterocycles. The summed E-state index contributed by atoms with van der Waals surface area (Å²) in [7, 11) is 0. The molecule has 6 nitrogen and oxygen atoms in total. The van der Waals surface area contributed by atoms with Gasteiger partial charge in [-0.1, -0.05) is 39.8 Å². The molecule has 0 atom stereocenters. The number of para-hydroxylation sites is 2. The minimum atomic E-state index is -0.510. The summed E-state index contributed by atoms with van der Waals surface area (Å²) >= 11 is 0. The van der Waals surface area contributed by atoms with Crippen molar-refractivity contribution in [2.45, 2.75) is 60.0 Å². The fourth-order valence-electron chi connectivity index (χ4n) is 2.95. The van der Waals surface area contributed by atoms with Crippen LogP contribution in [0, 0.1) is 0 Å². The zero-order valence-electron chi connectivity index (χ0n) is 20.3. The van der Waals surface area contributed by atoms with E-state index < -0.39 is 5.60 Å². The predicted molar refractivity (Wildman–Crippen MR) is 132 cm³/mol. The molecule has 0 saturated carbocycles. The third kappa shape index (κ3) is 11.7. The van der Waals surface area contributed by atoms with Crippen molar-refractivity contribution in [2.24, 2.45) is 0 Å². The Labute approximate surface area is 192 Å². The molecule has 1 heterocycles. The quantitative estimate of drug-likeness (QED) is 0.510. The van der Waals surface area contributed by atoms with E-state index in [1.807, 2.05) is 41.5 Å². The van der Waals surface area contributed by atoms with Crippen molar-refractivity contribution in [1.82, 2.24) is 4.90 Å². The van der Waals surface area contributed by atoms with Crippen LogP contribution >= 0.6 is 0 Å². The molecular weight excluding hydrogens is 409 g/mol. The molecule has 0 bridgehead atoms. The molecule has 0 radical (unpaired) electrons. The van der Waals surface area contributed by atoms with Crippen molar-refractivity contribution in [2.75, 3.05) is 30.7 Å². The number of carbonyl (C=O) groups excluding carboxylic acids is 1. The van der Waals surface area contributed by atoms with E-state index in [1.165, 1.54) is 50.2 Å². The molecule has 0 aliphatic carbocycles. The van der Waals surface area contributed by atoms with Gasteiger partial charge in [-0.15, -0.1) is 0 Å². The second-order valence-corrected chi connectivity index (χ2v) is 7.44. The summed E-state index contributed by atoms with van der Waals surface area (Å²) in [5.41, 5.74) is 6.60. The number of amides is 1. The van der Waals surface area contributed by atoms with E-state index in [-0.39, 0.29) is 11.7 Å². The highest BCUT2D eigenvalue weighted by molar-refractivity contribution is 6.05. The van der Waals surface area contributed by atoms with Gasteiger partial charge in [0.15, 0.2) is 5.75 Å². The van der Waals surface area contributed by atoms with Crippen LogP contribution in [0.15, 0.2) is 48.5 Å². The molecule has 1 amide bonds. The molecule has 32 heavy (non-hydrogen) atoms. The van der Waals surface area contributed by atoms with Crippen LogP contribution in [0.25, 0.3) is 0 Å². The van der Waals surface area contributed by atoms with Crippen molar-refractivity contribution < 1.29 is 19.4 Å².